The second-order valence-corrected chi connectivity index (χ2v) is 6.37. The SMILES string of the molecule is Cn1cc(C2C[C@H](C(=O)O)N(C(=O)OC(C)(C)C)C2)cn1. The van der Waals surface area contributed by atoms with E-state index in [1.165, 1.54) is 4.90 Å². The van der Waals surface area contributed by atoms with Crippen LogP contribution < -0.4 is 0 Å². The van der Waals surface area contributed by atoms with Gasteiger partial charge < -0.3 is 9.84 Å². The number of hydrogen-bond acceptors (Lipinski definition) is 4. The van der Waals surface area contributed by atoms with E-state index in [0.717, 1.165) is 5.56 Å². The minimum absolute atomic E-state index is 0.0349. The highest BCUT2D eigenvalue weighted by Gasteiger charge is 2.42. The highest BCUT2D eigenvalue weighted by Crippen LogP contribution is 2.32. The Bertz CT molecular complexity index is 547. The van der Waals surface area contributed by atoms with Crippen molar-refractivity contribution in [2.75, 3.05) is 6.54 Å². The van der Waals surface area contributed by atoms with Crippen molar-refractivity contribution in [1.82, 2.24) is 14.7 Å². The van der Waals surface area contributed by atoms with Gasteiger partial charge in [0.05, 0.1) is 6.20 Å². The van der Waals surface area contributed by atoms with Crippen molar-refractivity contribution in [3.05, 3.63) is 18.0 Å². The molecule has 0 aliphatic carbocycles. The largest absolute Gasteiger partial charge is 0.480 e. The van der Waals surface area contributed by atoms with Crippen molar-refractivity contribution < 1.29 is 19.4 Å². The van der Waals surface area contributed by atoms with Crippen molar-refractivity contribution in [3.8, 4) is 0 Å². The van der Waals surface area contributed by atoms with Crippen molar-refractivity contribution >= 4 is 12.1 Å². The number of rotatable bonds is 2. The van der Waals surface area contributed by atoms with E-state index < -0.39 is 23.7 Å². The van der Waals surface area contributed by atoms with Crippen LogP contribution in [0.25, 0.3) is 0 Å². The summed E-state index contributed by atoms with van der Waals surface area (Å²) in [5.74, 6) is -1.04. The van der Waals surface area contributed by atoms with Gasteiger partial charge in [-0.05, 0) is 32.8 Å². The molecule has 2 rings (SSSR count). The van der Waals surface area contributed by atoms with Gasteiger partial charge >= 0.3 is 12.1 Å². The number of carbonyl (C=O) groups excluding carboxylic acids is 1. The summed E-state index contributed by atoms with van der Waals surface area (Å²) in [7, 11) is 1.80. The average molecular weight is 295 g/mol. The molecule has 0 radical (unpaired) electrons. The van der Waals surface area contributed by atoms with Crippen LogP contribution in [0.3, 0.4) is 0 Å². The molecule has 21 heavy (non-hydrogen) atoms. The molecule has 1 aliphatic rings. The zero-order valence-electron chi connectivity index (χ0n) is 12.7. The van der Waals surface area contributed by atoms with Crippen LogP contribution in [-0.4, -0.2) is 50.0 Å². The van der Waals surface area contributed by atoms with E-state index in [9.17, 15) is 14.7 Å². The maximum Gasteiger partial charge on any atom is 0.411 e. The monoisotopic (exact) mass is 295 g/mol. The Labute approximate surface area is 123 Å². The van der Waals surface area contributed by atoms with Crippen molar-refractivity contribution in [3.63, 3.8) is 0 Å². The third-order valence-corrected chi connectivity index (χ3v) is 3.41. The molecular formula is C14H21N3O4. The van der Waals surface area contributed by atoms with E-state index in [4.69, 9.17) is 4.74 Å². The second kappa shape index (κ2) is 5.38. The fourth-order valence-electron chi connectivity index (χ4n) is 2.48. The fraction of sp³-hybridized carbons (Fsp3) is 0.643. The van der Waals surface area contributed by atoms with Gasteiger partial charge in [-0.3, -0.25) is 9.58 Å². The van der Waals surface area contributed by atoms with Crippen LogP contribution in [0.15, 0.2) is 12.4 Å². The lowest BCUT2D eigenvalue weighted by molar-refractivity contribution is -0.142. The lowest BCUT2D eigenvalue weighted by atomic mass is 10.00. The number of ether oxygens (including phenoxy) is 1. The quantitative estimate of drug-likeness (QED) is 0.895. The first-order valence-corrected chi connectivity index (χ1v) is 6.88. The molecule has 7 heteroatoms. The Morgan fingerprint density at radius 1 is 1.43 bits per heavy atom. The number of aryl methyl sites for hydroxylation is 1. The predicted octanol–water partition coefficient (Wildman–Crippen LogP) is 1.60. The predicted molar refractivity (Wildman–Crippen MR) is 74.9 cm³/mol. The lowest BCUT2D eigenvalue weighted by Gasteiger charge is -2.26. The van der Waals surface area contributed by atoms with Gasteiger partial charge in [0, 0.05) is 25.7 Å². The maximum atomic E-state index is 12.2. The van der Waals surface area contributed by atoms with E-state index in [2.05, 4.69) is 5.10 Å². The topological polar surface area (TPSA) is 84.7 Å². The number of amides is 1. The zero-order chi connectivity index (χ0) is 15.8. The summed E-state index contributed by atoms with van der Waals surface area (Å²) in [5, 5.41) is 13.4. The van der Waals surface area contributed by atoms with Gasteiger partial charge in [-0.1, -0.05) is 0 Å². The van der Waals surface area contributed by atoms with Gasteiger partial charge in [-0.15, -0.1) is 0 Å². The van der Waals surface area contributed by atoms with Gasteiger partial charge in [0.1, 0.15) is 11.6 Å². The molecule has 1 fully saturated rings. The first-order chi connectivity index (χ1) is 9.67. The molecule has 1 amide bonds. The summed E-state index contributed by atoms with van der Waals surface area (Å²) in [5.41, 5.74) is 0.293. The first kappa shape index (κ1) is 15.3. The van der Waals surface area contributed by atoms with Gasteiger partial charge in [-0.2, -0.15) is 5.10 Å². The molecule has 1 aromatic heterocycles. The van der Waals surface area contributed by atoms with E-state index in [-0.39, 0.29) is 5.92 Å². The molecule has 1 unspecified atom stereocenters. The lowest BCUT2D eigenvalue weighted by Crippen LogP contribution is -2.43. The molecule has 1 aliphatic heterocycles. The van der Waals surface area contributed by atoms with E-state index in [1.54, 1.807) is 38.7 Å². The number of hydrogen-bond donors (Lipinski definition) is 1. The highest BCUT2D eigenvalue weighted by atomic mass is 16.6. The molecule has 7 nitrogen and oxygen atoms in total. The summed E-state index contributed by atoms with van der Waals surface area (Å²) in [6, 6.07) is -0.856. The van der Waals surface area contributed by atoms with Gasteiger partial charge in [-0.25, -0.2) is 9.59 Å². The van der Waals surface area contributed by atoms with E-state index in [0.29, 0.717) is 13.0 Å². The van der Waals surface area contributed by atoms with Crippen molar-refractivity contribution in [1.29, 1.82) is 0 Å². The van der Waals surface area contributed by atoms with Crippen LogP contribution in [0.5, 0.6) is 0 Å². The van der Waals surface area contributed by atoms with E-state index >= 15 is 0 Å². The number of nitrogens with zero attached hydrogens (tertiary/aromatic N) is 3. The number of aliphatic carboxylic acids is 1. The van der Waals surface area contributed by atoms with Crippen LogP contribution in [0.1, 0.15) is 38.7 Å². The molecule has 1 saturated heterocycles. The summed E-state index contributed by atoms with van der Waals surface area (Å²) in [6.07, 6.45) is 3.35. The van der Waals surface area contributed by atoms with Crippen molar-refractivity contribution in [2.24, 2.45) is 7.05 Å². The third kappa shape index (κ3) is 3.53. The first-order valence-electron chi connectivity index (χ1n) is 6.88. The molecule has 1 aromatic rings. The molecule has 2 atom stereocenters. The average Bonchev–Trinajstić information content (AvgIpc) is 2.92. The number of carboxylic acids is 1. The minimum Gasteiger partial charge on any atom is -0.480 e. The Hall–Kier alpha value is -2.05. The zero-order valence-corrected chi connectivity index (χ0v) is 12.7. The molecule has 1 N–H and O–H groups in total. The standard InChI is InChI=1S/C14H21N3O4/c1-14(2,3)21-13(20)17-8-9(5-11(17)12(18)19)10-6-15-16(4)7-10/h6-7,9,11H,5,8H2,1-4H3,(H,18,19)/t9?,11-/m1/s1. The number of likely N-dealkylation sites (tertiary alicyclic amines) is 1. The summed E-state index contributed by atoms with van der Waals surface area (Å²) in [4.78, 5) is 24.9. The van der Waals surface area contributed by atoms with Crippen LogP contribution in [-0.2, 0) is 16.6 Å². The third-order valence-electron chi connectivity index (χ3n) is 3.41. The second-order valence-electron chi connectivity index (χ2n) is 6.37. The van der Waals surface area contributed by atoms with Crippen LogP contribution in [0.4, 0.5) is 4.79 Å². The summed E-state index contributed by atoms with van der Waals surface area (Å²) >= 11 is 0. The van der Waals surface area contributed by atoms with Crippen molar-refractivity contribution in [2.45, 2.75) is 44.8 Å². The molecular weight excluding hydrogens is 274 g/mol. The van der Waals surface area contributed by atoms with Gasteiger partial charge in [0.2, 0.25) is 0 Å². The van der Waals surface area contributed by atoms with Crippen LogP contribution in [0, 0.1) is 0 Å². The smallest absolute Gasteiger partial charge is 0.411 e. The highest BCUT2D eigenvalue weighted by molar-refractivity contribution is 5.81. The molecule has 0 saturated carbocycles. The van der Waals surface area contributed by atoms with Gasteiger partial charge in [0.25, 0.3) is 0 Å². The summed E-state index contributed by atoms with van der Waals surface area (Å²) < 4.78 is 6.96. The Kier molecular flexibility index (Phi) is 3.93. The number of aromatic nitrogens is 2. The van der Waals surface area contributed by atoms with Crippen LogP contribution >= 0.6 is 0 Å². The number of carbonyl (C=O) groups is 2. The molecule has 2 heterocycles. The maximum absolute atomic E-state index is 12.2. The Morgan fingerprint density at radius 2 is 2.10 bits per heavy atom. The molecule has 116 valence electrons. The Morgan fingerprint density at radius 3 is 2.57 bits per heavy atom. The molecule has 0 spiro atoms. The van der Waals surface area contributed by atoms with Gasteiger partial charge in [0.15, 0.2) is 0 Å². The minimum atomic E-state index is -1.01. The molecule has 0 bridgehead atoms. The molecule has 0 aromatic carbocycles. The van der Waals surface area contributed by atoms with Crippen LogP contribution in [0.2, 0.25) is 0 Å². The van der Waals surface area contributed by atoms with E-state index in [1.807, 2.05) is 6.20 Å². The normalized spacial score (nSPS) is 22.4. The Balaban J connectivity index is 2.16. The number of carboxylic acid groups (broad SMARTS) is 1. The summed E-state index contributed by atoms with van der Waals surface area (Å²) in [6.45, 7) is 5.61. The fourth-order valence-corrected chi connectivity index (χ4v) is 2.48.